The average molecular weight is 229 g/mol. The molecule has 0 bridgehead atoms. The van der Waals surface area contributed by atoms with E-state index in [0.717, 1.165) is 23.7 Å². The second-order valence-corrected chi connectivity index (χ2v) is 4.71. The van der Waals surface area contributed by atoms with Crippen LogP contribution in [0.15, 0.2) is 0 Å². The first-order valence-electron chi connectivity index (χ1n) is 5.16. The normalized spacial score (nSPS) is 13.1. The molecular formula is C10H19N3OS. The maximum Gasteiger partial charge on any atom is 0.0900 e. The van der Waals surface area contributed by atoms with Crippen LogP contribution in [-0.4, -0.2) is 18.2 Å². The second-order valence-electron chi connectivity index (χ2n) is 3.48. The van der Waals surface area contributed by atoms with Gasteiger partial charge in [0.25, 0.3) is 0 Å². The molecule has 0 saturated carbocycles. The first kappa shape index (κ1) is 12.6. The lowest BCUT2D eigenvalue weighted by molar-refractivity contribution is 0.112. The summed E-state index contributed by atoms with van der Waals surface area (Å²) in [7, 11) is 0. The van der Waals surface area contributed by atoms with E-state index in [0.29, 0.717) is 6.61 Å². The summed E-state index contributed by atoms with van der Waals surface area (Å²) in [5.74, 6) is 5.51. The number of rotatable bonds is 6. The predicted molar refractivity (Wildman–Crippen MR) is 62.8 cm³/mol. The highest BCUT2D eigenvalue weighted by molar-refractivity contribution is 7.11. The quantitative estimate of drug-likeness (QED) is 0.443. The number of hydrogen-bond donors (Lipinski definition) is 2. The van der Waals surface area contributed by atoms with Gasteiger partial charge in [0.2, 0.25) is 0 Å². The van der Waals surface area contributed by atoms with Crippen molar-refractivity contribution in [3.05, 3.63) is 15.6 Å². The number of thiazole rings is 1. The average Bonchev–Trinajstić information content (AvgIpc) is 2.53. The van der Waals surface area contributed by atoms with Gasteiger partial charge < -0.3 is 4.74 Å². The van der Waals surface area contributed by atoms with Gasteiger partial charge in [0.15, 0.2) is 0 Å². The van der Waals surface area contributed by atoms with E-state index < -0.39 is 0 Å². The third kappa shape index (κ3) is 3.53. The summed E-state index contributed by atoms with van der Waals surface area (Å²) in [6, 6.07) is 0.0581. The molecule has 15 heavy (non-hydrogen) atoms. The van der Waals surface area contributed by atoms with Crippen molar-refractivity contribution in [3.8, 4) is 0 Å². The molecule has 0 aliphatic rings. The van der Waals surface area contributed by atoms with Gasteiger partial charge >= 0.3 is 0 Å². The van der Waals surface area contributed by atoms with Crippen molar-refractivity contribution < 1.29 is 4.74 Å². The van der Waals surface area contributed by atoms with E-state index in [1.165, 1.54) is 4.88 Å². The predicted octanol–water partition coefficient (Wildman–Crippen LogP) is 1.69. The molecule has 0 amide bonds. The Hall–Kier alpha value is -0.490. The zero-order valence-electron chi connectivity index (χ0n) is 9.54. The Balaban J connectivity index is 2.61. The van der Waals surface area contributed by atoms with E-state index in [1.807, 2.05) is 13.8 Å². The van der Waals surface area contributed by atoms with Crippen molar-refractivity contribution in [1.82, 2.24) is 10.4 Å². The summed E-state index contributed by atoms with van der Waals surface area (Å²) in [4.78, 5) is 5.55. The molecule has 0 aromatic carbocycles. The topological polar surface area (TPSA) is 60.2 Å². The molecule has 0 aliphatic carbocycles. The molecule has 1 aromatic heterocycles. The highest BCUT2D eigenvalue weighted by Gasteiger charge is 2.16. The number of nitrogens with one attached hydrogen (secondary N) is 1. The van der Waals surface area contributed by atoms with E-state index in [4.69, 9.17) is 10.6 Å². The van der Waals surface area contributed by atoms with E-state index in [1.54, 1.807) is 11.3 Å². The van der Waals surface area contributed by atoms with Gasteiger partial charge in [-0.1, -0.05) is 6.92 Å². The Bertz CT molecular complexity index is 301. The van der Waals surface area contributed by atoms with Crippen LogP contribution in [0.3, 0.4) is 0 Å². The van der Waals surface area contributed by atoms with E-state index >= 15 is 0 Å². The molecule has 0 aliphatic heterocycles. The summed E-state index contributed by atoms with van der Waals surface area (Å²) in [6.45, 7) is 7.47. The number of ether oxygens (including phenoxy) is 1. The number of aryl methyl sites for hydroxylation is 2. The molecule has 5 heteroatoms. The lowest BCUT2D eigenvalue weighted by Gasteiger charge is -2.14. The summed E-state index contributed by atoms with van der Waals surface area (Å²) >= 11 is 1.67. The van der Waals surface area contributed by atoms with Crippen molar-refractivity contribution >= 4 is 11.3 Å². The van der Waals surface area contributed by atoms with Gasteiger partial charge in [-0.3, -0.25) is 5.84 Å². The maximum absolute atomic E-state index is 5.51. The van der Waals surface area contributed by atoms with Crippen molar-refractivity contribution in [2.75, 3.05) is 13.2 Å². The highest BCUT2D eigenvalue weighted by atomic mass is 32.1. The largest absolute Gasteiger partial charge is 0.379 e. The Labute approximate surface area is 94.8 Å². The van der Waals surface area contributed by atoms with Gasteiger partial charge in [0.1, 0.15) is 0 Å². The fraction of sp³-hybridized carbons (Fsp3) is 0.700. The Kier molecular flexibility index (Phi) is 5.17. The number of hydrogen-bond acceptors (Lipinski definition) is 5. The van der Waals surface area contributed by atoms with Crippen molar-refractivity contribution in [1.29, 1.82) is 0 Å². The fourth-order valence-corrected chi connectivity index (χ4v) is 2.39. The molecule has 1 rings (SSSR count). The minimum atomic E-state index is 0.0581. The first-order chi connectivity index (χ1) is 7.19. The maximum atomic E-state index is 5.51. The Morgan fingerprint density at radius 1 is 1.53 bits per heavy atom. The number of nitrogens with zero attached hydrogens (tertiary/aromatic N) is 1. The summed E-state index contributed by atoms with van der Waals surface area (Å²) in [5.41, 5.74) is 3.82. The molecule has 0 radical (unpaired) electrons. The van der Waals surface area contributed by atoms with Crippen LogP contribution < -0.4 is 11.3 Å². The molecule has 1 aromatic rings. The van der Waals surface area contributed by atoms with Gasteiger partial charge in [-0.15, -0.1) is 11.3 Å². The third-order valence-electron chi connectivity index (χ3n) is 2.09. The number of hydrazine groups is 1. The van der Waals surface area contributed by atoms with Crippen molar-refractivity contribution in [3.63, 3.8) is 0 Å². The van der Waals surface area contributed by atoms with Crippen LogP contribution in [0.25, 0.3) is 0 Å². The summed E-state index contributed by atoms with van der Waals surface area (Å²) in [6.07, 6.45) is 1.03. The van der Waals surface area contributed by atoms with E-state index in [-0.39, 0.29) is 6.04 Å². The van der Waals surface area contributed by atoms with Crippen LogP contribution in [0.4, 0.5) is 0 Å². The van der Waals surface area contributed by atoms with Crippen LogP contribution in [0.1, 0.15) is 35.0 Å². The SMILES string of the molecule is CCCOCC(NN)c1sc(C)nc1C. The molecule has 0 saturated heterocycles. The Morgan fingerprint density at radius 3 is 2.73 bits per heavy atom. The minimum absolute atomic E-state index is 0.0581. The van der Waals surface area contributed by atoms with Crippen LogP contribution in [-0.2, 0) is 4.74 Å². The van der Waals surface area contributed by atoms with E-state index in [2.05, 4.69) is 17.3 Å². The van der Waals surface area contributed by atoms with Crippen LogP contribution in [0, 0.1) is 13.8 Å². The lowest BCUT2D eigenvalue weighted by Crippen LogP contribution is -2.31. The van der Waals surface area contributed by atoms with Gasteiger partial charge in [0.05, 0.1) is 23.4 Å². The molecular weight excluding hydrogens is 210 g/mol. The molecule has 0 fully saturated rings. The van der Waals surface area contributed by atoms with Gasteiger partial charge in [-0.25, -0.2) is 10.4 Å². The Morgan fingerprint density at radius 2 is 2.27 bits per heavy atom. The number of nitrogens with two attached hydrogens (primary N) is 1. The molecule has 1 atom stereocenters. The first-order valence-corrected chi connectivity index (χ1v) is 5.98. The van der Waals surface area contributed by atoms with Crippen molar-refractivity contribution in [2.45, 2.75) is 33.2 Å². The van der Waals surface area contributed by atoms with Crippen molar-refractivity contribution in [2.24, 2.45) is 5.84 Å². The van der Waals surface area contributed by atoms with Gasteiger partial charge in [0, 0.05) is 11.5 Å². The summed E-state index contributed by atoms with van der Waals surface area (Å²) < 4.78 is 5.49. The molecule has 86 valence electrons. The highest BCUT2D eigenvalue weighted by Crippen LogP contribution is 2.24. The second kappa shape index (κ2) is 6.17. The smallest absolute Gasteiger partial charge is 0.0900 e. The zero-order valence-corrected chi connectivity index (χ0v) is 10.4. The molecule has 1 heterocycles. The molecule has 3 N–H and O–H groups in total. The van der Waals surface area contributed by atoms with Crippen LogP contribution >= 0.6 is 11.3 Å². The number of aromatic nitrogens is 1. The summed E-state index contributed by atoms with van der Waals surface area (Å²) in [5, 5.41) is 1.07. The van der Waals surface area contributed by atoms with Gasteiger partial charge in [-0.2, -0.15) is 0 Å². The third-order valence-corrected chi connectivity index (χ3v) is 3.28. The molecule has 0 spiro atoms. The van der Waals surface area contributed by atoms with E-state index in [9.17, 15) is 0 Å². The lowest BCUT2D eigenvalue weighted by atomic mass is 10.2. The standard InChI is InChI=1S/C10H19N3OS/c1-4-5-14-6-9(13-11)10-7(2)12-8(3)15-10/h9,13H,4-6,11H2,1-3H3. The monoisotopic (exact) mass is 229 g/mol. The van der Waals surface area contributed by atoms with Crippen LogP contribution in [0.2, 0.25) is 0 Å². The molecule has 4 nitrogen and oxygen atoms in total. The van der Waals surface area contributed by atoms with Crippen LogP contribution in [0.5, 0.6) is 0 Å². The van der Waals surface area contributed by atoms with Gasteiger partial charge in [-0.05, 0) is 20.3 Å². The fourth-order valence-electron chi connectivity index (χ4n) is 1.42. The molecule has 1 unspecified atom stereocenters. The zero-order chi connectivity index (χ0) is 11.3. The minimum Gasteiger partial charge on any atom is -0.379 e.